The molecule has 0 aliphatic carbocycles. The highest BCUT2D eigenvalue weighted by molar-refractivity contribution is 5.68. The van der Waals surface area contributed by atoms with Crippen molar-refractivity contribution in [3.63, 3.8) is 0 Å². The molecule has 1 unspecified atom stereocenters. The van der Waals surface area contributed by atoms with Crippen LogP contribution in [-0.4, -0.2) is 36.0 Å². The topological polar surface area (TPSA) is 66.8 Å². The van der Waals surface area contributed by atoms with Crippen LogP contribution in [-0.2, 0) is 9.53 Å². The van der Waals surface area contributed by atoms with Crippen LogP contribution in [0, 0.1) is 11.8 Å². The molecule has 0 aliphatic heterocycles. The largest absolute Gasteiger partial charge is 0.469 e. The zero-order valence-electron chi connectivity index (χ0n) is 9.03. The van der Waals surface area contributed by atoms with Gasteiger partial charge >= 0.3 is 5.97 Å². The fraction of sp³-hybridized carbons (Fsp3) is 0.727. The summed E-state index contributed by atoms with van der Waals surface area (Å²) in [5.74, 6) is 4.71. The van der Waals surface area contributed by atoms with Gasteiger partial charge in [-0.25, -0.2) is 0 Å². The molecule has 0 saturated heterocycles. The van der Waals surface area contributed by atoms with Gasteiger partial charge in [0.25, 0.3) is 0 Å². The fourth-order valence-electron chi connectivity index (χ4n) is 1.12. The number of carbonyl (C=O) groups excluding carboxylic acids is 1. The van der Waals surface area contributed by atoms with Crippen molar-refractivity contribution in [1.29, 1.82) is 0 Å². The average molecular weight is 214 g/mol. The fourth-order valence-corrected chi connectivity index (χ4v) is 1.12. The number of hydrogen-bond acceptors (Lipinski definition) is 4. The molecule has 0 bridgehead atoms. The standard InChI is InChI=1S/C11H18O4/c1-15-11(14)8-4-2-3-6-10(13)7-5-9-12/h10,12-13H,2-4,6,8-9H2,1H3. The SMILES string of the molecule is COC(=O)CCCCCC(O)C#CCO. The zero-order valence-corrected chi connectivity index (χ0v) is 9.03. The van der Waals surface area contributed by atoms with E-state index in [-0.39, 0.29) is 12.6 Å². The van der Waals surface area contributed by atoms with Crippen molar-refractivity contribution in [1.82, 2.24) is 0 Å². The lowest BCUT2D eigenvalue weighted by molar-refractivity contribution is -0.140. The van der Waals surface area contributed by atoms with E-state index in [1.807, 2.05) is 0 Å². The molecule has 4 nitrogen and oxygen atoms in total. The number of carbonyl (C=O) groups is 1. The summed E-state index contributed by atoms with van der Waals surface area (Å²) < 4.78 is 4.49. The Bertz CT molecular complexity index is 226. The number of methoxy groups -OCH3 is 1. The van der Waals surface area contributed by atoms with Crippen LogP contribution in [0.2, 0.25) is 0 Å². The maximum absolute atomic E-state index is 10.7. The number of aliphatic hydroxyl groups is 2. The molecule has 0 aromatic carbocycles. The quantitative estimate of drug-likeness (QED) is 0.383. The molecule has 2 N–H and O–H groups in total. The highest BCUT2D eigenvalue weighted by atomic mass is 16.5. The van der Waals surface area contributed by atoms with Crippen LogP contribution in [0.4, 0.5) is 0 Å². The minimum Gasteiger partial charge on any atom is -0.469 e. The molecule has 0 radical (unpaired) electrons. The Kier molecular flexibility index (Phi) is 8.84. The summed E-state index contributed by atoms with van der Waals surface area (Å²) in [6, 6.07) is 0. The second kappa shape index (κ2) is 9.50. The molecule has 0 fully saturated rings. The van der Waals surface area contributed by atoms with Gasteiger partial charge in [-0.1, -0.05) is 18.3 Å². The highest BCUT2D eigenvalue weighted by Gasteiger charge is 2.01. The van der Waals surface area contributed by atoms with E-state index in [2.05, 4.69) is 16.6 Å². The van der Waals surface area contributed by atoms with Crippen LogP contribution in [0.3, 0.4) is 0 Å². The summed E-state index contributed by atoms with van der Waals surface area (Å²) >= 11 is 0. The van der Waals surface area contributed by atoms with E-state index in [1.165, 1.54) is 7.11 Å². The minimum atomic E-state index is -0.671. The molecule has 0 spiro atoms. The van der Waals surface area contributed by atoms with Crippen LogP contribution in [0.25, 0.3) is 0 Å². The third kappa shape index (κ3) is 9.26. The molecular weight excluding hydrogens is 196 g/mol. The molecule has 0 aliphatic rings. The lowest BCUT2D eigenvalue weighted by Gasteiger charge is -2.02. The van der Waals surface area contributed by atoms with Gasteiger partial charge in [-0.3, -0.25) is 4.79 Å². The second-order valence-electron chi connectivity index (χ2n) is 3.17. The third-order valence-electron chi connectivity index (χ3n) is 1.93. The van der Waals surface area contributed by atoms with Crippen molar-refractivity contribution in [3.05, 3.63) is 0 Å². The molecule has 1 atom stereocenters. The van der Waals surface area contributed by atoms with Crippen molar-refractivity contribution in [2.24, 2.45) is 0 Å². The van der Waals surface area contributed by atoms with Crippen molar-refractivity contribution in [2.75, 3.05) is 13.7 Å². The molecule has 0 saturated carbocycles. The second-order valence-corrected chi connectivity index (χ2v) is 3.17. The Morgan fingerprint density at radius 2 is 2.13 bits per heavy atom. The number of rotatable bonds is 6. The summed E-state index contributed by atoms with van der Waals surface area (Å²) in [5.41, 5.74) is 0. The molecule has 0 aromatic heterocycles. The first-order valence-corrected chi connectivity index (χ1v) is 5.04. The lowest BCUT2D eigenvalue weighted by Crippen LogP contribution is -2.03. The summed E-state index contributed by atoms with van der Waals surface area (Å²) in [7, 11) is 1.37. The molecule has 0 amide bonds. The number of hydrogen-bond donors (Lipinski definition) is 2. The van der Waals surface area contributed by atoms with Gasteiger partial charge in [0.1, 0.15) is 12.7 Å². The van der Waals surface area contributed by atoms with E-state index in [1.54, 1.807) is 0 Å². The normalized spacial score (nSPS) is 11.4. The van der Waals surface area contributed by atoms with E-state index in [4.69, 9.17) is 5.11 Å². The first kappa shape index (κ1) is 13.9. The Morgan fingerprint density at radius 3 is 2.73 bits per heavy atom. The van der Waals surface area contributed by atoms with Crippen molar-refractivity contribution >= 4 is 5.97 Å². The Hall–Kier alpha value is -1.05. The van der Waals surface area contributed by atoms with Crippen LogP contribution >= 0.6 is 0 Å². The first-order chi connectivity index (χ1) is 7.20. The van der Waals surface area contributed by atoms with E-state index in [0.717, 1.165) is 19.3 Å². The van der Waals surface area contributed by atoms with E-state index < -0.39 is 6.10 Å². The maximum Gasteiger partial charge on any atom is 0.305 e. The average Bonchev–Trinajstić information content (AvgIpc) is 2.25. The van der Waals surface area contributed by atoms with Gasteiger partial charge < -0.3 is 14.9 Å². The van der Waals surface area contributed by atoms with E-state index >= 15 is 0 Å². The Labute approximate surface area is 90.3 Å². The Morgan fingerprint density at radius 1 is 1.40 bits per heavy atom. The summed E-state index contributed by atoms with van der Waals surface area (Å²) in [4.78, 5) is 10.7. The Balaban J connectivity index is 3.34. The van der Waals surface area contributed by atoms with Crippen molar-refractivity contribution < 1.29 is 19.7 Å². The highest BCUT2D eigenvalue weighted by Crippen LogP contribution is 2.05. The molecule has 86 valence electrons. The minimum absolute atomic E-state index is 0.198. The number of unbranched alkanes of at least 4 members (excludes halogenated alkanes) is 2. The first-order valence-electron chi connectivity index (χ1n) is 5.04. The lowest BCUT2D eigenvalue weighted by atomic mass is 10.1. The number of ether oxygens (including phenoxy) is 1. The predicted molar refractivity (Wildman–Crippen MR) is 56.0 cm³/mol. The number of esters is 1. The van der Waals surface area contributed by atoms with Gasteiger partial charge in [0.15, 0.2) is 0 Å². The summed E-state index contributed by atoms with van der Waals surface area (Å²) in [5, 5.41) is 17.6. The van der Waals surface area contributed by atoms with Gasteiger partial charge in [-0.05, 0) is 19.3 Å². The summed E-state index contributed by atoms with van der Waals surface area (Å²) in [6.07, 6.45) is 2.79. The maximum atomic E-state index is 10.7. The van der Waals surface area contributed by atoms with Gasteiger partial charge in [0.05, 0.1) is 7.11 Å². The summed E-state index contributed by atoms with van der Waals surface area (Å²) in [6.45, 7) is -0.223. The monoisotopic (exact) mass is 214 g/mol. The molecule has 4 heteroatoms. The van der Waals surface area contributed by atoms with E-state index in [0.29, 0.717) is 12.8 Å². The smallest absolute Gasteiger partial charge is 0.305 e. The molecule has 0 aromatic rings. The van der Waals surface area contributed by atoms with Gasteiger partial charge in [0.2, 0.25) is 0 Å². The predicted octanol–water partition coefficient (Wildman–Crippen LogP) is 0.466. The van der Waals surface area contributed by atoms with Crippen LogP contribution in [0.15, 0.2) is 0 Å². The van der Waals surface area contributed by atoms with Crippen LogP contribution in [0.1, 0.15) is 32.1 Å². The molecule has 0 rings (SSSR count). The van der Waals surface area contributed by atoms with Gasteiger partial charge in [-0.2, -0.15) is 0 Å². The van der Waals surface area contributed by atoms with Crippen molar-refractivity contribution in [3.8, 4) is 11.8 Å². The third-order valence-corrected chi connectivity index (χ3v) is 1.93. The number of aliphatic hydroxyl groups excluding tert-OH is 2. The van der Waals surface area contributed by atoms with Crippen molar-refractivity contribution in [2.45, 2.75) is 38.2 Å². The van der Waals surface area contributed by atoms with E-state index in [9.17, 15) is 9.90 Å². The molecule has 15 heavy (non-hydrogen) atoms. The van der Waals surface area contributed by atoms with Crippen LogP contribution in [0.5, 0.6) is 0 Å². The van der Waals surface area contributed by atoms with Gasteiger partial charge in [0, 0.05) is 6.42 Å². The molecule has 0 heterocycles. The molecular formula is C11H18O4. The van der Waals surface area contributed by atoms with Gasteiger partial charge in [-0.15, -0.1) is 0 Å². The van der Waals surface area contributed by atoms with Crippen LogP contribution < -0.4 is 0 Å². The zero-order chi connectivity index (χ0) is 11.5.